The Morgan fingerprint density at radius 2 is 1.03 bits per heavy atom. The predicted molar refractivity (Wildman–Crippen MR) is 133 cm³/mol. The molecule has 0 aliphatic heterocycles. The number of fused-ring (bicyclic) bond motifs is 2. The summed E-state index contributed by atoms with van der Waals surface area (Å²) in [7, 11) is 13.7. The van der Waals surface area contributed by atoms with E-state index in [1.807, 2.05) is 0 Å². The fourth-order valence-corrected chi connectivity index (χ4v) is 21.1. The van der Waals surface area contributed by atoms with Gasteiger partial charge in [0.15, 0.2) is 0 Å². The molecule has 2 aliphatic carbocycles. The molecule has 4 heteroatoms. The number of halogens is 2. The summed E-state index contributed by atoms with van der Waals surface area (Å²) in [6.45, 7) is 13.6. The number of rotatable bonds is 5. The molecule has 0 saturated carbocycles. The van der Waals surface area contributed by atoms with Crippen LogP contribution in [0.3, 0.4) is 0 Å². The summed E-state index contributed by atoms with van der Waals surface area (Å²) in [5.41, 5.74) is 14.6. The van der Waals surface area contributed by atoms with Gasteiger partial charge in [0.2, 0.25) is 0 Å². The van der Waals surface area contributed by atoms with Gasteiger partial charge >= 0.3 is 199 Å². The first kappa shape index (κ1) is 22.8. The summed E-state index contributed by atoms with van der Waals surface area (Å²) in [6.07, 6.45) is 5.01. The molecule has 0 heterocycles. The van der Waals surface area contributed by atoms with Crippen LogP contribution in [0.15, 0.2) is 36.4 Å². The molecule has 2 aliphatic rings. The molecule has 0 aromatic heterocycles. The molecule has 0 N–H and O–H groups in total. The van der Waals surface area contributed by atoms with Gasteiger partial charge in [-0.15, -0.1) is 0 Å². The molecule has 2 unspecified atom stereocenters. The Kier molecular flexibility index (Phi) is 6.72. The van der Waals surface area contributed by atoms with Gasteiger partial charge in [0, 0.05) is 0 Å². The van der Waals surface area contributed by atoms with E-state index in [0.717, 1.165) is 0 Å². The molecule has 157 valence electrons. The summed E-state index contributed by atoms with van der Waals surface area (Å²) >= 11 is -2.31. The van der Waals surface area contributed by atoms with Crippen molar-refractivity contribution in [3.63, 3.8) is 0 Å². The van der Waals surface area contributed by atoms with Crippen LogP contribution in [0.25, 0.3) is 11.1 Å². The van der Waals surface area contributed by atoms with E-state index >= 15 is 0 Å². The summed E-state index contributed by atoms with van der Waals surface area (Å²) in [6, 6.07) is 11.6. The normalized spacial score (nSPS) is 20.5. The summed E-state index contributed by atoms with van der Waals surface area (Å²) in [5.74, 6) is -0.203. The third kappa shape index (κ3) is 4.03. The third-order valence-corrected chi connectivity index (χ3v) is 28.9. The first-order valence-corrected chi connectivity index (χ1v) is 23.7. The standard InChI is InChI=1S/C26H31Si.2ClH.Zr/c1-15-7-9-17(3)25-21(11-19(5)23(15)25)13-27-14-22-12-20(6)24-16(2)8-10-18(4)26(22)24;;;/h7-12,21-22,27H,13-14H2,1-6H3;2*1H;/q;;;+2/p-2. The maximum atomic E-state index is 6.85. The zero-order valence-electron chi connectivity index (χ0n) is 18.9. The Bertz CT molecular complexity index is 986. The predicted octanol–water partition coefficient (Wildman–Crippen LogP) is 8.27. The van der Waals surface area contributed by atoms with Crippen molar-refractivity contribution in [2.45, 2.75) is 65.5 Å². The molecule has 2 aromatic rings. The van der Waals surface area contributed by atoms with Crippen molar-refractivity contribution in [2.24, 2.45) is 0 Å². The molecular formula is C26H31Cl2SiZr. The van der Waals surface area contributed by atoms with Crippen molar-refractivity contribution in [2.75, 3.05) is 0 Å². The van der Waals surface area contributed by atoms with Crippen molar-refractivity contribution < 1.29 is 18.5 Å². The number of aryl methyl sites for hydroxylation is 4. The molecule has 0 saturated heterocycles. The monoisotopic (exact) mass is 531 g/mol. The van der Waals surface area contributed by atoms with Gasteiger partial charge in [-0.05, 0) is 0 Å². The second-order valence-electron chi connectivity index (χ2n) is 9.35. The summed E-state index contributed by atoms with van der Waals surface area (Å²) in [5, 5.41) is 0. The number of benzene rings is 2. The molecule has 0 spiro atoms. The molecule has 0 bridgehead atoms. The molecule has 0 amide bonds. The average molecular weight is 534 g/mol. The van der Waals surface area contributed by atoms with Gasteiger partial charge in [0.05, 0.1) is 0 Å². The Morgan fingerprint density at radius 3 is 1.40 bits per heavy atom. The molecule has 0 radical (unpaired) electrons. The molecular weight excluding hydrogens is 503 g/mol. The molecule has 0 fully saturated rings. The molecule has 0 nitrogen and oxygen atoms in total. The van der Waals surface area contributed by atoms with Gasteiger partial charge in [-0.1, -0.05) is 0 Å². The number of hydrogen-bond acceptors (Lipinski definition) is 0. The topological polar surface area (TPSA) is 0 Å². The SMILES string of the molecule is CC1=CC(C[SiH](CC2C=C(C)c3c(C)ccc(C)c32)[Zr]([Cl])[Cl])c2c(C)ccc(C)c21. The second-order valence-corrected chi connectivity index (χ2v) is 32.8. The Hall–Kier alpha value is -0.400. The van der Waals surface area contributed by atoms with Crippen molar-refractivity contribution in [1.29, 1.82) is 0 Å². The Morgan fingerprint density at radius 1 is 0.667 bits per heavy atom. The summed E-state index contributed by atoms with van der Waals surface area (Å²) < 4.78 is 0. The molecule has 4 rings (SSSR count). The van der Waals surface area contributed by atoms with Crippen LogP contribution >= 0.6 is 17.0 Å². The Balaban J connectivity index is 1.64. The number of allylic oxidation sites excluding steroid dienone is 4. The van der Waals surface area contributed by atoms with Gasteiger partial charge in [-0.3, -0.25) is 0 Å². The number of hydrogen-bond donors (Lipinski definition) is 0. The fraction of sp³-hybridized carbons (Fsp3) is 0.385. The minimum absolute atomic E-state index is 0.509. The zero-order valence-corrected chi connectivity index (χ0v) is 24.0. The van der Waals surface area contributed by atoms with E-state index in [1.165, 1.54) is 56.6 Å². The average Bonchev–Trinajstić information content (AvgIpc) is 3.19. The van der Waals surface area contributed by atoms with Crippen LogP contribution < -0.4 is 0 Å². The van der Waals surface area contributed by atoms with E-state index in [2.05, 4.69) is 78.0 Å². The molecule has 30 heavy (non-hydrogen) atoms. The van der Waals surface area contributed by atoms with Crippen LogP contribution in [-0.4, -0.2) is 5.92 Å². The van der Waals surface area contributed by atoms with Crippen molar-refractivity contribution in [1.82, 2.24) is 0 Å². The Labute approximate surface area is 197 Å². The van der Waals surface area contributed by atoms with Gasteiger partial charge in [0.25, 0.3) is 0 Å². The first-order valence-electron chi connectivity index (χ1n) is 10.9. The quantitative estimate of drug-likeness (QED) is 0.339. The first-order chi connectivity index (χ1) is 14.2. The van der Waals surface area contributed by atoms with Gasteiger partial charge < -0.3 is 0 Å². The van der Waals surface area contributed by atoms with Crippen molar-refractivity contribution in [3.05, 3.63) is 80.9 Å². The van der Waals surface area contributed by atoms with Gasteiger partial charge in [-0.2, -0.15) is 0 Å². The molecule has 2 aromatic carbocycles. The second kappa shape index (κ2) is 8.86. The van der Waals surface area contributed by atoms with Crippen molar-refractivity contribution in [3.8, 4) is 0 Å². The minimum atomic E-state index is -2.31. The van der Waals surface area contributed by atoms with E-state index in [1.54, 1.807) is 11.1 Å². The maximum absolute atomic E-state index is 6.85. The van der Waals surface area contributed by atoms with Crippen LogP contribution in [0.4, 0.5) is 0 Å². The van der Waals surface area contributed by atoms with E-state index in [0.29, 0.717) is 11.8 Å². The molecule has 2 atom stereocenters. The van der Waals surface area contributed by atoms with Crippen LogP contribution in [0.5, 0.6) is 0 Å². The van der Waals surface area contributed by atoms with E-state index in [-0.39, 0.29) is 0 Å². The van der Waals surface area contributed by atoms with E-state index in [4.69, 9.17) is 17.0 Å². The van der Waals surface area contributed by atoms with Crippen molar-refractivity contribution >= 4 is 34.1 Å². The third-order valence-electron chi connectivity index (χ3n) is 7.16. The zero-order chi connectivity index (χ0) is 21.7. The van der Waals surface area contributed by atoms with Crippen LogP contribution in [0, 0.1) is 27.7 Å². The van der Waals surface area contributed by atoms with E-state index < -0.39 is 24.4 Å². The van der Waals surface area contributed by atoms with Gasteiger partial charge in [-0.25, -0.2) is 0 Å². The van der Waals surface area contributed by atoms with Crippen LogP contribution in [0.1, 0.15) is 70.2 Å². The van der Waals surface area contributed by atoms with Gasteiger partial charge in [0.1, 0.15) is 0 Å². The van der Waals surface area contributed by atoms with Crippen LogP contribution in [-0.2, 0) is 18.5 Å². The van der Waals surface area contributed by atoms with Crippen LogP contribution in [0.2, 0.25) is 12.1 Å². The summed E-state index contributed by atoms with van der Waals surface area (Å²) in [4.78, 5) is 0. The fourth-order valence-electron chi connectivity index (χ4n) is 5.86. The van der Waals surface area contributed by atoms with E-state index in [9.17, 15) is 0 Å².